The number of nitrogens with one attached hydrogen (secondary N) is 2. The molecule has 134 valence electrons. The Bertz CT molecular complexity index is 953. The first-order chi connectivity index (χ1) is 13.3. The van der Waals surface area contributed by atoms with Crippen molar-refractivity contribution in [1.29, 1.82) is 5.26 Å². The highest BCUT2D eigenvalue weighted by Gasteiger charge is 2.17. The van der Waals surface area contributed by atoms with Gasteiger partial charge >= 0.3 is 0 Å². The third-order valence-corrected chi connectivity index (χ3v) is 4.11. The molecular formula is C19H16N6O2. The van der Waals surface area contributed by atoms with Crippen molar-refractivity contribution in [2.24, 2.45) is 0 Å². The number of aromatic amines is 1. The number of benzene rings is 2. The normalized spacial score (nSPS) is 14.9. The second-order valence-corrected chi connectivity index (χ2v) is 5.82. The van der Waals surface area contributed by atoms with Crippen LogP contribution in [0.2, 0.25) is 0 Å². The average Bonchev–Trinajstić information content (AvgIpc) is 3.44. The number of ether oxygens (including phenoxy) is 2. The summed E-state index contributed by atoms with van der Waals surface area (Å²) in [5.41, 5.74) is 4.34. The summed E-state index contributed by atoms with van der Waals surface area (Å²) >= 11 is 0. The molecule has 1 aliphatic heterocycles. The summed E-state index contributed by atoms with van der Waals surface area (Å²) in [5, 5.41) is 25.6. The molecule has 0 atom stereocenters. The van der Waals surface area contributed by atoms with Crippen molar-refractivity contribution < 1.29 is 9.47 Å². The standard InChI is InChI=1S/C19H16N6O2/c20-11-16(18-22-24-25-23-18)12-21-17-7-5-14(6-8-17)13-1-3-15(4-2-13)19-26-9-10-27-19/h1-8,12,19,21H,9-10H2,(H,22,23,24,25). The number of aromatic nitrogens is 4. The van der Waals surface area contributed by atoms with Gasteiger partial charge in [0.15, 0.2) is 6.29 Å². The fourth-order valence-electron chi connectivity index (χ4n) is 2.72. The molecule has 0 saturated carbocycles. The van der Waals surface area contributed by atoms with Gasteiger partial charge in [-0.25, -0.2) is 0 Å². The first-order valence-corrected chi connectivity index (χ1v) is 8.38. The van der Waals surface area contributed by atoms with Gasteiger partial charge in [0.1, 0.15) is 11.6 Å². The molecule has 1 aromatic heterocycles. The van der Waals surface area contributed by atoms with E-state index in [0.29, 0.717) is 18.8 Å². The Labute approximate surface area is 155 Å². The minimum Gasteiger partial charge on any atom is -0.360 e. The van der Waals surface area contributed by atoms with Crippen molar-refractivity contribution in [2.75, 3.05) is 18.5 Å². The largest absolute Gasteiger partial charge is 0.360 e. The molecule has 1 aliphatic rings. The number of hydrogen-bond donors (Lipinski definition) is 2. The molecule has 8 heteroatoms. The summed E-state index contributed by atoms with van der Waals surface area (Å²) in [6.07, 6.45) is 1.29. The van der Waals surface area contributed by atoms with Crippen molar-refractivity contribution in [1.82, 2.24) is 20.6 Å². The predicted octanol–water partition coefficient (Wildman–Crippen LogP) is 2.89. The highest BCUT2D eigenvalue weighted by atomic mass is 16.7. The Kier molecular flexibility index (Phi) is 4.87. The summed E-state index contributed by atoms with van der Waals surface area (Å²) in [7, 11) is 0. The lowest BCUT2D eigenvalue weighted by Crippen LogP contribution is -1.97. The Morgan fingerprint density at radius 3 is 2.33 bits per heavy atom. The maximum absolute atomic E-state index is 9.17. The van der Waals surface area contributed by atoms with E-state index >= 15 is 0 Å². The molecule has 1 saturated heterocycles. The molecule has 2 N–H and O–H groups in total. The minimum atomic E-state index is -0.258. The SMILES string of the molecule is N#CC(=CNc1ccc(-c2ccc(C3OCCO3)cc2)cc1)c1nn[nH]n1. The van der Waals surface area contributed by atoms with Crippen LogP contribution < -0.4 is 5.32 Å². The molecule has 0 aliphatic carbocycles. The van der Waals surface area contributed by atoms with Crippen LogP contribution in [-0.2, 0) is 9.47 Å². The Balaban J connectivity index is 1.45. The monoisotopic (exact) mass is 360 g/mol. The van der Waals surface area contributed by atoms with Gasteiger partial charge < -0.3 is 14.8 Å². The van der Waals surface area contributed by atoms with E-state index in [9.17, 15) is 5.26 Å². The highest BCUT2D eigenvalue weighted by Crippen LogP contribution is 2.27. The fourth-order valence-corrected chi connectivity index (χ4v) is 2.72. The van der Waals surface area contributed by atoms with Crippen molar-refractivity contribution in [3.05, 3.63) is 66.1 Å². The molecule has 0 unspecified atom stereocenters. The van der Waals surface area contributed by atoms with E-state index in [2.05, 4.69) is 25.9 Å². The van der Waals surface area contributed by atoms with Crippen molar-refractivity contribution in [3.63, 3.8) is 0 Å². The maximum atomic E-state index is 9.17. The van der Waals surface area contributed by atoms with E-state index in [1.165, 1.54) is 0 Å². The van der Waals surface area contributed by atoms with Crippen LogP contribution in [0.3, 0.4) is 0 Å². The molecule has 4 rings (SSSR count). The number of H-pyrrole nitrogens is 1. The van der Waals surface area contributed by atoms with Gasteiger partial charge in [-0.15, -0.1) is 10.2 Å². The van der Waals surface area contributed by atoms with Gasteiger partial charge in [-0.3, -0.25) is 0 Å². The fraction of sp³-hybridized carbons (Fsp3) is 0.158. The van der Waals surface area contributed by atoms with Crippen LogP contribution in [0.5, 0.6) is 0 Å². The lowest BCUT2D eigenvalue weighted by atomic mass is 10.0. The van der Waals surface area contributed by atoms with E-state index in [4.69, 9.17) is 9.47 Å². The predicted molar refractivity (Wildman–Crippen MR) is 97.9 cm³/mol. The zero-order valence-electron chi connectivity index (χ0n) is 14.3. The van der Waals surface area contributed by atoms with E-state index in [-0.39, 0.29) is 12.1 Å². The summed E-state index contributed by atoms with van der Waals surface area (Å²) in [6, 6.07) is 18.1. The van der Waals surface area contributed by atoms with Gasteiger partial charge in [0.2, 0.25) is 5.82 Å². The average molecular weight is 360 g/mol. The summed E-state index contributed by atoms with van der Waals surface area (Å²) in [4.78, 5) is 0. The van der Waals surface area contributed by atoms with Crippen LogP contribution in [0.4, 0.5) is 5.69 Å². The number of tetrazole rings is 1. The van der Waals surface area contributed by atoms with Crippen molar-refractivity contribution >= 4 is 11.3 Å². The number of anilines is 1. The molecule has 0 bridgehead atoms. The lowest BCUT2D eigenvalue weighted by molar-refractivity contribution is -0.0441. The van der Waals surface area contributed by atoms with Gasteiger partial charge in [0.25, 0.3) is 0 Å². The van der Waals surface area contributed by atoms with E-state index in [0.717, 1.165) is 22.4 Å². The topological polar surface area (TPSA) is 109 Å². The molecule has 8 nitrogen and oxygen atoms in total. The molecule has 0 amide bonds. The number of rotatable bonds is 5. The molecular weight excluding hydrogens is 344 g/mol. The van der Waals surface area contributed by atoms with Crippen LogP contribution in [0.25, 0.3) is 16.7 Å². The molecule has 27 heavy (non-hydrogen) atoms. The van der Waals surface area contributed by atoms with Crippen LogP contribution in [-0.4, -0.2) is 33.8 Å². The van der Waals surface area contributed by atoms with Gasteiger partial charge in [0.05, 0.1) is 13.2 Å². The number of nitriles is 1. The molecule has 0 spiro atoms. The van der Waals surface area contributed by atoms with Gasteiger partial charge in [0, 0.05) is 17.5 Å². The lowest BCUT2D eigenvalue weighted by Gasteiger charge is -2.10. The number of hydrogen-bond acceptors (Lipinski definition) is 7. The third kappa shape index (κ3) is 3.84. The third-order valence-electron chi connectivity index (χ3n) is 4.11. The Hall–Kier alpha value is -3.54. The van der Waals surface area contributed by atoms with Gasteiger partial charge in [-0.1, -0.05) is 36.4 Å². The van der Waals surface area contributed by atoms with E-state index < -0.39 is 0 Å². The zero-order chi connectivity index (χ0) is 18.5. The first-order valence-electron chi connectivity index (χ1n) is 8.38. The molecule has 1 fully saturated rings. The van der Waals surface area contributed by atoms with Crippen molar-refractivity contribution in [3.8, 4) is 17.2 Å². The maximum Gasteiger partial charge on any atom is 0.216 e. The molecule has 2 heterocycles. The quantitative estimate of drug-likeness (QED) is 0.673. The summed E-state index contributed by atoms with van der Waals surface area (Å²) < 4.78 is 11.0. The van der Waals surface area contributed by atoms with Gasteiger partial charge in [-0.05, 0) is 28.5 Å². The van der Waals surface area contributed by atoms with Crippen LogP contribution in [0.1, 0.15) is 17.7 Å². The van der Waals surface area contributed by atoms with Crippen LogP contribution >= 0.6 is 0 Å². The Morgan fingerprint density at radius 1 is 1.07 bits per heavy atom. The smallest absolute Gasteiger partial charge is 0.216 e. The molecule has 2 aromatic carbocycles. The summed E-state index contributed by atoms with van der Waals surface area (Å²) in [6.45, 7) is 1.27. The summed E-state index contributed by atoms with van der Waals surface area (Å²) in [5.74, 6) is 0.247. The van der Waals surface area contributed by atoms with Crippen LogP contribution in [0.15, 0.2) is 54.7 Å². The van der Waals surface area contributed by atoms with Crippen molar-refractivity contribution in [2.45, 2.75) is 6.29 Å². The second-order valence-electron chi connectivity index (χ2n) is 5.82. The van der Waals surface area contributed by atoms with E-state index in [1.54, 1.807) is 6.20 Å². The highest BCUT2D eigenvalue weighted by molar-refractivity contribution is 5.74. The number of nitrogens with zero attached hydrogens (tertiary/aromatic N) is 4. The van der Waals surface area contributed by atoms with E-state index in [1.807, 2.05) is 54.6 Å². The first kappa shape index (κ1) is 16.9. The van der Waals surface area contributed by atoms with Crippen LogP contribution in [0, 0.1) is 11.3 Å². The molecule has 3 aromatic rings. The van der Waals surface area contributed by atoms with Gasteiger partial charge in [-0.2, -0.15) is 10.5 Å². The number of allylic oxidation sites excluding steroid dienone is 1. The minimum absolute atomic E-state index is 0.247. The molecule has 0 radical (unpaired) electrons. The second kappa shape index (κ2) is 7.78. The Morgan fingerprint density at radius 2 is 1.74 bits per heavy atom. The zero-order valence-corrected chi connectivity index (χ0v) is 14.3.